The Morgan fingerprint density at radius 2 is 2.30 bits per heavy atom. The van der Waals surface area contributed by atoms with Crippen LogP contribution in [0.4, 0.5) is 0 Å². The highest BCUT2D eigenvalue weighted by molar-refractivity contribution is 5.46. The largest absolute Gasteiger partial charge is 0.519 e. The summed E-state index contributed by atoms with van der Waals surface area (Å²) in [6.45, 7) is 0. The third-order valence-electron chi connectivity index (χ3n) is 1.48. The summed E-state index contributed by atoms with van der Waals surface area (Å²) in [5.74, 6) is 0.653. The molecule has 0 spiro atoms. The number of allylic oxidation sites excluding steroid dienone is 1. The van der Waals surface area contributed by atoms with E-state index in [0.29, 0.717) is 11.5 Å². The van der Waals surface area contributed by atoms with E-state index in [9.17, 15) is 4.79 Å². The van der Waals surface area contributed by atoms with Gasteiger partial charge in [-0.2, -0.15) is 0 Å². The lowest BCUT2D eigenvalue weighted by Gasteiger charge is -1.96. The summed E-state index contributed by atoms with van der Waals surface area (Å²) >= 11 is 0. The predicted octanol–water partition coefficient (Wildman–Crippen LogP) is 1.19. The topological polar surface area (TPSA) is 43.4 Å². The Hall–Kier alpha value is -1.25. The van der Waals surface area contributed by atoms with Gasteiger partial charge >= 0.3 is 5.82 Å². The first-order valence-corrected chi connectivity index (χ1v) is 3.15. The lowest BCUT2D eigenvalue weighted by Crippen LogP contribution is -1.88. The molecule has 0 fully saturated rings. The fraction of sp³-hybridized carbons (Fsp3) is 0.286. The van der Waals surface area contributed by atoms with Gasteiger partial charge in [-0.15, -0.1) is 0 Å². The minimum absolute atomic E-state index is 0.580. The molecule has 1 aliphatic carbocycles. The standard InChI is InChI=1S/C7H6O3/c8-7-9-5-3-1-2-4-6(5)10-7/h1,3H,2,4H2. The number of hydrogen-bond acceptors (Lipinski definition) is 3. The van der Waals surface area contributed by atoms with E-state index in [2.05, 4.69) is 0 Å². The van der Waals surface area contributed by atoms with E-state index >= 15 is 0 Å². The molecule has 3 heteroatoms. The van der Waals surface area contributed by atoms with Crippen molar-refractivity contribution in [2.45, 2.75) is 12.8 Å². The van der Waals surface area contributed by atoms with Crippen molar-refractivity contribution in [3.05, 3.63) is 28.2 Å². The molecule has 1 heterocycles. The minimum Gasteiger partial charge on any atom is -0.395 e. The lowest BCUT2D eigenvalue weighted by molar-refractivity contribution is 0.373. The highest BCUT2D eigenvalue weighted by atomic mass is 16.6. The second-order valence-electron chi connectivity index (χ2n) is 2.18. The molecule has 3 nitrogen and oxygen atoms in total. The van der Waals surface area contributed by atoms with Gasteiger partial charge < -0.3 is 8.83 Å². The molecule has 0 unspecified atom stereocenters. The van der Waals surface area contributed by atoms with E-state index in [1.165, 1.54) is 0 Å². The van der Waals surface area contributed by atoms with E-state index < -0.39 is 5.82 Å². The van der Waals surface area contributed by atoms with Crippen molar-refractivity contribution in [3.63, 3.8) is 0 Å². The van der Waals surface area contributed by atoms with Crippen LogP contribution in [0.15, 0.2) is 19.7 Å². The Kier molecular flexibility index (Phi) is 1.03. The van der Waals surface area contributed by atoms with E-state index in [1.807, 2.05) is 6.08 Å². The molecule has 1 aromatic rings. The predicted molar refractivity (Wildman–Crippen MR) is 34.6 cm³/mol. The van der Waals surface area contributed by atoms with Gasteiger partial charge in [0.1, 0.15) is 0 Å². The van der Waals surface area contributed by atoms with Crippen LogP contribution in [0, 0.1) is 0 Å². The highest BCUT2D eigenvalue weighted by Gasteiger charge is 2.11. The maximum Gasteiger partial charge on any atom is 0.519 e. The number of rotatable bonds is 0. The second kappa shape index (κ2) is 1.87. The molecule has 52 valence electrons. The van der Waals surface area contributed by atoms with Crippen LogP contribution in [-0.2, 0) is 6.42 Å². The lowest BCUT2D eigenvalue weighted by atomic mass is 10.1. The molecular formula is C7H6O3. The molecule has 1 aliphatic rings. The van der Waals surface area contributed by atoms with Gasteiger partial charge in [-0.3, -0.25) is 0 Å². The fourth-order valence-corrected chi connectivity index (χ4v) is 1.02. The molecule has 0 amide bonds. The molecule has 0 N–H and O–H groups in total. The minimum atomic E-state index is -0.600. The van der Waals surface area contributed by atoms with Gasteiger partial charge in [0, 0.05) is 6.42 Å². The molecule has 10 heavy (non-hydrogen) atoms. The molecular weight excluding hydrogens is 132 g/mol. The van der Waals surface area contributed by atoms with E-state index in [-0.39, 0.29) is 0 Å². The molecule has 2 rings (SSSR count). The van der Waals surface area contributed by atoms with Crippen molar-refractivity contribution in [1.82, 2.24) is 0 Å². The molecule has 0 saturated heterocycles. The van der Waals surface area contributed by atoms with Crippen molar-refractivity contribution in [2.24, 2.45) is 0 Å². The molecule has 0 aliphatic heterocycles. The van der Waals surface area contributed by atoms with Crippen molar-refractivity contribution < 1.29 is 8.83 Å². The molecule has 0 aromatic carbocycles. The first-order valence-electron chi connectivity index (χ1n) is 3.15. The van der Waals surface area contributed by atoms with Gasteiger partial charge in [-0.25, -0.2) is 4.79 Å². The van der Waals surface area contributed by atoms with Gasteiger partial charge in [-0.05, 0) is 12.5 Å². The maximum atomic E-state index is 10.5. The summed E-state index contributed by atoms with van der Waals surface area (Å²) < 4.78 is 9.43. The fourth-order valence-electron chi connectivity index (χ4n) is 1.02. The van der Waals surface area contributed by atoms with Crippen LogP contribution in [0.2, 0.25) is 0 Å². The third-order valence-corrected chi connectivity index (χ3v) is 1.48. The smallest absolute Gasteiger partial charge is 0.395 e. The summed E-state index contributed by atoms with van der Waals surface area (Å²) in [6.07, 6.45) is 5.43. The highest BCUT2D eigenvalue weighted by Crippen LogP contribution is 2.16. The van der Waals surface area contributed by atoms with Crippen LogP contribution in [0.3, 0.4) is 0 Å². The SMILES string of the molecule is O=c1oc2c(o1)CCC=C2. The van der Waals surface area contributed by atoms with Crippen LogP contribution in [0.5, 0.6) is 0 Å². The maximum absolute atomic E-state index is 10.5. The van der Waals surface area contributed by atoms with E-state index in [0.717, 1.165) is 12.8 Å². The summed E-state index contributed by atoms with van der Waals surface area (Å²) in [5.41, 5.74) is 0. The Morgan fingerprint density at radius 1 is 1.40 bits per heavy atom. The van der Waals surface area contributed by atoms with Crippen LogP contribution < -0.4 is 5.82 Å². The van der Waals surface area contributed by atoms with E-state index in [1.54, 1.807) is 6.08 Å². The molecule has 0 saturated carbocycles. The Morgan fingerprint density at radius 3 is 3.10 bits per heavy atom. The first-order chi connectivity index (χ1) is 4.86. The third kappa shape index (κ3) is 0.708. The van der Waals surface area contributed by atoms with Gasteiger partial charge in [0.25, 0.3) is 0 Å². The number of fused-ring (bicyclic) bond motifs is 1. The second-order valence-corrected chi connectivity index (χ2v) is 2.18. The van der Waals surface area contributed by atoms with Gasteiger partial charge in [-0.1, -0.05) is 6.08 Å². The van der Waals surface area contributed by atoms with Crippen LogP contribution in [-0.4, -0.2) is 0 Å². The van der Waals surface area contributed by atoms with Gasteiger partial charge in [0.2, 0.25) is 0 Å². The molecule has 0 atom stereocenters. The molecule has 1 aromatic heterocycles. The zero-order valence-corrected chi connectivity index (χ0v) is 5.29. The number of hydrogen-bond donors (Lipinski definition) is 0. The molecule has 0 radical (unpaired) electrons. The average molecular weight is 138 g/mol. The van der Waals surface area contributed by atoms with Gasteiger partial charge in [0.05, 0.1) is 0 Å². The zero-order chi connectivity index (χ0) is 6.97. The Bertz CT molecular complexity index is 316. The van der Waals surface area contributed by atoms with Crippen molar-refractivity contribution in [3.8, 4) is 0 Å². The van der Waals surface area contributed by atoms with Gasteiger partial charge in [0.15, 0.2) is 11.5 Å². The van der Waals surface area contributed by atoms with Crippen molar-refractivity contribution in [2.75, 3.05) is 0 Å². The Labute approximate surface area is 57.0 Å². The van der Waals surface area contributed by atoms with Crippen molar-refractivity contribution >= 4 is 6.08 Å². The zero-order valence-electron chi connectivity index (χ0n) is 5.29. The average Bonchev–Trinajstić information content (AvgIpc) is 2.27. The summed E-state index contributed by atoms with van der Waals surface area (Å²) in [7, 11) is 0. The van der Waals surface area contributed by atoms with Crippen molar-refractivity contribution in [1.29, 1.82) is 0 Å². The van der Waals surface area contributed by atoms with Crippen LogP contribution in [0.1, 0.15) is 17.9 Å². The number of aryl methyl sites for hydroxylation is 1. The Balaban J connectivity index is 2.63. The van der Waals surface area contributed by atoms with Crippen LogP contribution >= 0.6 is 0 Å². The molecule has 0 bridgehead atoms. The summed E-state index contributed by atoms with van der Waals surface area (Å²) in [5, 5.41) is 0. The van der Waals surface area contributed by atoms with E-state index in [4.69, 9.17) is 8.83 Å². The summed E-state index contributed by atoms with van der Waals surface area (Å²) in [6, 6.07) is 0. The first kappa shape index (κ1) is 5.53. The monoisotopic (exact) mass is 138 g/mol. The quantitative estimate of drug-likeness (QED) is 0.540. The van der Waals surface area contributed by atoms with Crippen LogP contribution in [0.25, 0.3) is 6.08 Å². The summed E-state index contributed by atoms with van der Waals surface area (Å²) in [4.78, 5) is 10.5. The normalized spacial score (nSPS) is 15.2.